The Morgan fingerprint density at radius 1 is 0.935 bits per heavy atom. The van der Waals surface area contributed by atoms with Crippen molar-refractivity contribution in [2.45, 2.75) is 48.0 Å². The number of hydrogen-bond acceptors (Lipinski definition) is 3. The predicted molar refractivity (Wildman–Crippen MR) is 126 cm³/mol. The topological polar surface area (TPSA) is 59.3 Å². The zero-order valence-corrected chi connectivity index (χ0v) is 19.0. The summed E-state index contributed by atoms with van der Waals surface area (Å²) in [6, 6.07) is 14.4. The lowest BCUT2D eigenvalue weighted by atomic mass is 10.0. The number of anilines is 1. The van der Waals surface area contributed by atoms with Gasteiger partial charge in [-0.2, -0.15) is 5.10 Å². The van der Waals surface area contributed by atoms with Crippen molar-refractivity contribution in [1.29, 1.82) is 0 Å². The molecule has 0 spiro atoms. The molecule has 5 nitrogen and oxygen atoms in total. The SMILES string of the molecule is Cc1cc(C)c(NC(=O)Cc2c(C)nc3c(-c4ccccc4)c(C)nn3c2C)c(C)c1. The predicted octanol–water partition coefficient (Wildman–Crippen LogP) is 5.43. The minimum absolute atomic E-state index is 0.0467. The first kappa shape index (κ1) is 20.8. The van der Waals surface area contributed by atoms with Crippen LogP contribution in [0.15, 0.2) is 42.5 Å². The molecule has 1 N–H and O–H groups in total. The van der Waals surface area contributed by atoms with Gasteiger partial charge < -0.3 is 5.32 Å². The molecule has 0 saturated heterocycles. The Balaban J connectivity index is 1.70. The molecule has 2 heterocycles. The second-order valence-electron chi connectivity index (χ2n) is 8.32. The summed E-state index contributed by atoms with van der Waals surface area (Å²) < 4.78 is 1.87. The van der Waals surface area contributed by atoms with E-state index in [0.29, 0.717) is 0 Å². The van der Waals surface area contributed by atoms with Gasteiger partial charge in [-0.05, 0) is 58.2 Å². The fraction of sp³-hybridized carbons (Fsp3) is 0.269. The molecule has 5 heteroatoms. The molecular formula is C26H28N4O. The first-order chi connectivity index (χ1) is 14.8. The Labute approximate surface area is 183 Å². The minimum atomic E-state index is -0.0467. The van der Waals surface area contributed by atoms with E-state index in [2.05, 4.69) is 36.5 Å². The number of fused-ring (bicyclic) bond motifs is 1. The van der Waals surface area contributed by atoms with E-state index in [1.54, 1.807) is 0 Å². The number of nitrogens with one attached hydrogen (secondary N) is 1. The first-order valence-electron chi connectivity index (χ1n) is 10.5. The quantitative estimate of drug-likeness (QED) is 0.486. The van der Waals surface area contributed by atoms with Crippen LogP contribution in [0.25, 0.3) is 16.8 Å². The Morgan fingerprint density at radius 2 is 1.58 bits per heavy atom. The summed E-state index contributed by atoms with van der Waals surface area (Å²) in [5.41, 5.74) is 10.8. The zero-order valence-electron chi connectivity index (χ0n) is 19.0. The van der Waals surface area contributed by atoms with E-state index in [4.69, 9.17) is 10.1 Å². The van der Waals surface area contributed by atoms with Gasteiger partial charge in [-0.3, -0.25) is 4.79 Å². The van der Waals surface area contributed by atoms with Gasteiger partial charge in [0, 0.05) is 28.2 Å². The third kappa shape index (κ3) is 3.83. The fourth-order valence-electron chi connectivity index (χ4n) is 4.39. The summed E-state index contributed by atoms with van der Waals surface area (Å²) in [6.45, 7) is 12.1. The number of rotatable bonds is 4. The molecule has 0 atom stereocenters. The van der Waals surface area contributed by atoms with Crippen molar-refractivity contribution < 1.29 is 4.79 Å². The van der Waals surface area contributed by atoms with Crippen LogP contribution in [0.3, 0.4) is 0 Å². The molecule has 0 radical (unpaired) electrons. The Bertz CT molecular complexity index is 1280. The average molecular weight is 413 g/mol. The van der Waals surface area contributed by atoms with Crippen molar-refractivity contribution in [3.8, 4) is 11.1 Å². The standard InChI is InChI=1S/C26H28N4O/c1-15-12-16(2)25(17(3)13-15)28-23(31)14-22-18(4)27-26-24(21-10-8-7-9-11-21)19(5)29-30(26)20(22)6/h7-13H,14H2,1-6H3,(H,28,31). The van der Waals surface area contributed by atoms with Crippen LogP contribution in [-0.2, 0) is 11.2 Å². The Morgan fingerprint density at radius 3 is 2.23 bits per heavy atom. The summed E-state index contributed by atoms with van der Waals surface area (Å²) in [5.74, 6) is -0.0467. The van der Waals surface area contributed by atoms with Crippen LogP contribution in [-0.4, -0.2) is 20.5 Å². The number of carbonyl (C=O) groups excluding carboxylic acids is 1. The molecular weight excluding hydrogens is 384 g/mol. The highest BCUT2D eigenvalue weighted by atomic mass is 16.1. The summed E-state index contributed by atoms with van der Waals surface area (Å²) in [4.78, 5) is 17.8. The maximum absolute atomic E-state index is 12.9. The van der Waals surface area contributed by atoms with Crippen LogP contribution in [0.4, 0.5) is 5.69 Å². The molecule has 4 rings (SSSR count). The molecule has 4 aromatic rings. The molecule has 2 aromatic carbocycles. The maximum Gasteiger partial charge on any atom is 0.228 e. The summed E-state index contributed by atoms with van der Waals surface area (Å²) >= 11 is 0. The molecule has 2 aromatic heterocycles. The van der Waals surface area contributed by atoms with Crippen LogP contribution in [0.1, 0.15) is 39.3 Å². The van der Waals surface area contributed by atoms with Crippen LogP contribution in [0.2, 0.25) is 0 Å². The average Bonchev–Trinajstić information content (AvgIpc) is 3.04. The van der Waals surface area contributed by atoms with E-state index in [1.807, 2.05) is 57.3 Å². The monoisotopic (exact) mass is 412 g/mol. The number of aromatic nitrogens is 3. The maximum atomic E-state index is 12.9. The highest BCUT2D eigenvalue weighted by Crippen LogP contribution is 2.29. The summed E-state index contributed by atoms with van der Waals surface area (Å²) in [7, 11) is 0. The number of nitrogens with zero attached hydrogens (tertiary/aromatic N) is 3. The third-order valence-corrected chi connectivity index (χ3v) is 5.84. The number of benzene rings is 2. The zero-order chi connectivity index (χ0) is 22.3. The van der Waals surface area contributed by atoms with Gasteiger partial charge >= 0.3 is 0 Å². The van der Waals surface area contributed by atoms with Crippen LogP contribution < -0.4 is 5.32 Å². The number of aryl methyl sites for hydroxylation is 6. The van der Waals surface area contributed by atoms with Crippen LogP contribution in [0, 0.1) is 41.5 Å². The van der Waals surface area contributed by atoms with Crippen molar-refractivity contribution in [3.63, 3.8) is 0 Å². The molecule has 0 aliphatic rings. The molecule has 0 aliphatic heterocycles. The van der Waals surface area contributed by atoms with E-state index in [9.17, 15) is 4.79 Å². The first-order valence-corrected chi connectivity index (χ1v) is 10.5. The van der Waals surface area contributed by atoms with E-state index < -0.39 is 0 Å². The second kappa shape index (κ2) is 7.99. The van der Waals surface area contributed by atoms with E-state index in [0.717, 1.165) is 56.2 Å². The van der Waals surface area contributed by atoms with Gasteiger partial charge in [0.05, 0.1) is 12.1 Å². The van der Waals surface area contributed by atoms with E-state index in [1.165, 1.54) is 5.56 Å². The van der Waals surface area contributed by atoms with Gasteiger partial charge in [0.25, 0.3) is 0 Å². The lowest BCUT2D eigenvalue weighted by molar-refractivity contribution is -0.115. The number of amides is 1. The van der Waals surface area contributed by atoms with Crippen molar-refractivity contribution >= 4 is 17.2 Å². The molecule has 31 heavy (non-hydrogen) atoms. The third-order valence-electron chi connectivity index (χ3n) is 5.84. The lowest BCUT2D eigenvalue weighted by Crippen LogP contribution is -2.19. The Kier molecular flexibility index (Phi) is 5.36. The summed E-state index contributed by atoms with van der Waals surface area (Å²) in [6.07, 6.45) is 0.257. The highest BCUT2D eigenvalue weighted by molar-refractivity contribution is 5.94. The molecule has 0 aliphatic carbocycles. The van der Waals surface area contributed by atoms with Crippen molar-refractivity contribution in [1.82, 2.24) is 14.6 Å². The van der Waals surface area contributed by atoms with Gasteiger partial charge in [-0.15, -0.1) is 0 Å². The highest BCUT2D eigenvalue weighted by Gasteiger charge is 2.19. The van der Waals surface area contributed by atoms with Crippen molar-refractivity contribution in [2.24, 2.45) is 0 Å². The normalized spacial score (nSPS) is 11.2. The number of carbonyl (C=O) groups is 1. The molecule has 1 amide bonds. The smallest absolute Gasteiger partial charge is 0.228 e. The van der Waals surface area contributed by atoms with Crippen LogP contribution >= 0.6 is 0 Å². The van der Waals surface area contributed by atoms with Gasteiger partial charge in [0.2, 0.25) is 5.91 Å². The van der Waals surface area contributed by atoms with Crippen molar-refractivity contribution in [2.75, 3.05) is 5.32 Å². The molecule has 158 valence electrons. The molecule has 0 saturated carbocycles. The fourth-order valence-corrected chi connectivity index (χ4v) is 4.39. The van der Waals surface area contributed by atoms with E-state index >= 15 is 0 Å². The second-order valence-corrected chi connectivity index (χ2v) is 8.32. The van der Waals surface area contributed by atoms with Gasteiger partial charge in [0.15, 0.2) is 5.65 Å². The van der Waals surface area contributed by atoms with E-state index in [-0.39, 0.29) is 12.3 Å². The van der Waals surface area contributed by atoms with Gasteiger partial charge in [-0.1, -0.05) is 48.0 Å². The molecule has 0 bridgehead atoms. The summed E-state index contributed by atoms with van der Waals surface area (Å²) in [5, 5.41) is 7.85. The van der Waals surface area contributed by atoms with Crippen molar-refractivity contribution in [3.05, 3.63) is 81.8 Å². The molecule has 0 unspecified atom stereocenters. The molecule has 0 fully saturated rings. The van der Waals surface area contributed by atoms with Gasteiger partial charge in [0.1, 0.15) is 0 Å². The number of hydrogen-bond donors (Lipinski definition) is 1. The Hall–Kier alpha value is -3.47. The minimum Gasteiger partial charge on any atom is -0.325 e. The van der Waals surface area contributed by atoms with Gasteiger partial charge in [-0.25, -0.2) is 9.50 Å². The van der Waals surface area contributed by atoms with Crippen LogP contribution in [0.5, 0.6) is 0 Å². The lowest BCUT2D eigenvalue weighted by Gasteiger charge is -2.15. The largest absolute Gasteiger partial charge is 0.325 e.